The van der Waals surface area contributed by atoms with Gasteiger partial charge in [0.1, 0.15) is 11.4 Å². The van der Waals surface area contributed by atoms with Crippen molar-refractivity contribution in [1.82, 2.24) is 4.57 Å². The Kier molecular flexibility index (Phi) is 4.13. The van der Waals surface area contributed by atoms with E-state index in [9.17, 15) is 4.79 Å². The van der Waals surface area contributed by atoms with Gasteiger partial charge in [-0.2, -0.15) is 0 Å². The molecule has 0 aliphatic heterocycles. The number of para-hydroxylation sites is 1. The molecule has 1 aromatic carbocycles. The van der Waals surface area contributed by atoms with Crippen molar-refractivity contribution in [2.24, 2.45) is 0 Å². The predicted molar refractivity (Wildman–Crippen MR) is 78.1 cm³/mol. The van der Waals surface area contributed by atoms with E-state index in [2.05, 4.69) is 0 Å². The smallest absolute Gasteiger partial charge is 0.354 e. The van der Waals surface area contributed by atoms with Crippen molar-refractivity contribution in [1.29, 1.82) is 0 Å². The third kappa shape index (κ3) is 2.41. The van der Waals surface area contributed by atoms with Gasteiger partial charge in [0.2, 0.25) is 0 Å². The second-order valence-corrected chi connectivity index (χ2v) is 4.76. The topological polar surface area (TPSA) is 40.5 Å². The first-order valence-electron chi connectivity index (χ1n) is 6.53. The normalized spacial score (nSPS) is 10.7. The van der Waals surface area contributed by atoms with Gasteiger partial charge in [0.25, 0.3) is 0 Å². The summed E-state index contributed by atoms with van der Waals surface area (Å²) < 4.78 is 12.2. The Hall–Kier alpha value is -2.23. The third-order valence-corrected chi connectivity index (χ3v) is 3.21. The summed E-state index contributed by atoms with van der Waals surface area (Å²) in [4.78, 5) is 11.9. The lowest BCUT2D eigenvalue weighted by molar-refractivity contribution is 0.0587. The molecule has 0 atom stereocenters. The number of hydrogen-bond donors (Lipinski definition) is 0. The Balaban J connectivity index is 2.63. The second kappa shape index (κ2) is 5.82. The molecule has 0 amide bonds. The molecule has 20 heavy (non-hydrogen) atoms. The number of methoxy groups -OCH3 is 2. The van der Waals surface area contributed by atoms with E-state index in [1.807, 2.05) is 48.7 Å². The Morgan fingerprint density at radius 3 is 2.40 bits per heavy atom. The first-order valence-corrected chi connectivity index (χ1v) is 6.53. The van der Waals surface area contributed by atoms with Gasteiger partial charge in [-0.3, -0.25) is 0 Å². The lowest BCUT2D eigenvalue weighted by Crippen LogP contribution is -2.13. The number of carbonyl (C=O) groups is 1. The molecule has 0 saturated carbocycles. The molecule has 4 heteroatoms. The average Bonchev–Trinajstić information content (AvgIpc) is 2.91. The van der Waals surface area contributed by atoms with E-state index in [-0.39, 0.29) is 12.0 Å². The van der Waals surface area contributed by atoms with Gasteiger partial charge in [-0.1, -0.05) is 12.1 Å². The van der Waals surface area contributed by atoms with Crippen molar-refractivity contribution in [3.63, 3.8) is 0 Å². The molecule has 0 saturated heterocycles. The number of ether oxygens (including phenoxy) is 2. The van der Waals surface area contributed by atoms with Crippen LogP contribution in [0.2, 0.25) is 0 Å². The summed E-state index contributed by atoms with van der Waals surface area (Å²) >= 11 is 0. The molecule has 0 unspecified atom stereocenters. The van der Waals surface area contributed by atoms with Crippen molar-refractivity contribution in [2.45, 2.75) is 19.9 Å². The maximum atomic E-state index is 11.9. The van der Waals surface area contributed by atoms with Crippen molar-refractivity contribution < 1.29 is 14.3 Å². The fourth-order valence-electron chi connectivity index (χ4n) is 2.35. The van der Waals surface area contributed by atoms with Gasteiger partial charge in [0.05, 0.1) is 19.9 Å². The molecular formula is C16H19NO3. The summed E-state index contributed by atoms with van der Waals surface area (Å²) in [7, 11) is 3.03. The monoisotopic (exact) mass is 273 g/mol. The molecule has 1 heterocycles. The van der Waals surface area contributed by atoms with Gasteiger partial charge in [-0.05, 0) is 38.1 Å². The lowest BCUT2D eigenvalue weighted by atomic mass is 10.1. The van der Waals surface area contributed by atoms with Crippen molar-refractivity contribution in [3.8, 4) is 17.0 Å². The highest BCUT2D eigenvalue weighted by Crippen LogP contribution is 2.33. The minimum Gasteiger partial charge on any atom is -0.496 e. The lowest BCUT2D eigenvalue weighted by Gasteiger charge is -2.17. The van der Waals surface area contributed by atoms with Gasteiger partial charge < -0.3 is 14.0 Å². The van der Waals surface area contributed by atoms with Gasteiger partial charge in [-0.15, -0.1) is 0 Å². The first kappa shape index (κ1) is 14.2. The molecule has 2 aromatic rings. The number of benzene rings is 1. The van der Waals surface area contributed by atoms with Crippen LogP contribution in [0.15, 0.2) is 36.4 Å². The fraction of sp³-hybridized carbons (Fsp3) is 0.312. The Morgan fingerprint density at radius 2 is 1.80 bits per heavy atom. The van der Waals surface area contributed by atoms with Crippen molar-refractivity contribution in [3.05, 3.63) is 42.1 Å². The van der Waals surface area contributed by atoms with Crippen LogP contribution in [0.25, 0.3) is 11.3 Å². The molecular weight excluding hydrogens is 254 g/mol. The Morgan fingerprint density at radius 1 is 1.10 bits per heavy atom. The highest BCUT2D eigenvalue weighted by atomic mass is 16.5. The summed E-state index contributed by atoms with van der Waals surface area (Å²) in [6.07, 6.45) is 0. The van der Waals surface area contributed by atoms with Gasteiger partial charge in [0, 0.05) is 11.6 Å². The number of hydrogen-bond acceptors (Lipinski definition) is 3. The van der Waals surface area contributed by atoms with Crippen LogP contribution >= 0.6 is 0 Å². The number of esters is 1. The molecule has 0 aliphatic rings. The summed E-state index contributed by atoms with van der Waals surface area (Å²) in [5.41, 5.74) is 2.44. The molecule has 0 spiro atoms. The Bertz CT molecular complexity index is 614. The van der Waals surface area contributed by atoms with Crippen molar-refractivity contribution >= 4 is 5.97 Å². The maximum Gasteiger partial charge on any atom is 0.354 e. The zero-order valence-corrected chi connectivity index (χ0v) is 12.2. The molecule has 0 radical (unpaired) electrons. The molecule has 4 nitrogen and oxygen atoms in total. The van der Waals surface area contributed by atoms with Crippen LogP contribution in [0.1, 0.15) is 30.4 Å². The summed E-state index contributed by atoms with van der Waals surface area (Å²) in [5, 5.41) is 0. The van der Waals surface area contributed by atoms with E-state index in [0.717, 1.165) is 17.0 Å². The number of nitrogens with zero attached hydrogens (tertiary/aromatic N) is 1. The van der Waals surface area contributed by atoms with E-state index < -0.39 is 0 Å². The molecule has 0 aliphatic carbocycles. The van der Waals surface area contributed by atoms with Crippen LogP contribution in [0.3, 0.4) is 0 Å². The molecule has 0 N–H and O–H groups in total. The van der Waals surface area contributed by atoms with Crippen LogP contribution in [0, 0.1) is 0 Å². The minimum absolute atomic E-state index is 0.138. The molecule has 0 bridgehead atoms. The van der Waals surface area contributed by atoms with Crippen LogP contribution in [-0.4, -0.2) is 24.8 Å². The van der Waals surface area contributed by atoms with Gasteiger partial charge >= 0.3 is 5.97 Å². The highest BCUT2D eigenvalue weighted by Gasteiger charge is 2.20. The predicted octanol–water partition coefficient (Wildman–Crippen LogP) is 3.53. The number of carbonyl (C=O) groups excluding carboxylic acids is 1. The van der Waals surface area contributed by atoms with E-state index in [4.69, 9.17) is 9.47 Å². The average molecular weight is 273 g/mol. The largest absolute Gasteiger partial charge is 0.496 e. The van der Waals surface area contributed by atoms with Crippen LogP contribution in [0.5, 0.6) is 5.75 Å². The maximum absolute atomic E-state index is 11.9. The number of rotatable bonds is 4. The molecule has 2 rings (SSSR count). The number of aromatic nitrogens is 1. The SMILES string of the molecule is COC(=O)c1ccc(-c2ccccc2OC)n1C(C)C. The summed E-state index contributed by atoms with van der Waals surface area (Å²) in [6, 6.07) is 11.6. The molecule has 1 aromatic heterocycles. The fourth-order valence-corrected chi connectivity index (χ4v) is 2.35. The van der Waals surface area contributed by atoms with Gasteiger partial charge in [0.15, 0.2) is 0 Å². The van der Waals surface area contributed by atoms with Crippen LogP contribution in [-0.2, 0) is 4.74 Å². The molecule has 106 valence electrons. The quantitative estimate of drug-likeness (QED) is 0.800. The van der Waals surface area contributed by atoms with E-state index >= 15 is 0 Å². The minimum atomic E-state index is -0.333. The zero-order chi connectivity index (χ0) is 14.7. The van der Waals surface area contributed by atoms with Crippen molar-refractivity contribution in [2.75, 3.05) is 14.2 Å². The summed E-state index contributed by atoms with van der Waals surface area (Å²) in [5.74, 6) is 0.448. The second-order valence-electron chi connectivity index (χ2n) is 4.76. The highest BCUT2D eigenvalue weighted by molar-refractivity contribution is 5.89. The first-order chi connectivity index (χ1) is 9.60. The van der Waals surface area contributed by atoms with Crippen LogP contribution in [0.4, 0.5) is 0 Å². The van der Waals surface area contributed by atoms with E-state index in [1.54, 1.807) is 13.2 Å². The molecule has 0 fully saturated rings. The summed E-state index contributed by atoms with van der Waals surface area (Å²) in [6.45, 7) is 4.07. The Labute approximate surface area is 118 Å². The zero-order valence-electron chi connectivity index (χ0n) is 12.2. The van der Waals surface area contributed by atoms with E-state index in [1.165, 1.54) is 7.11 Å². The van der Waals surface area contributed by atoms with Crippen LogP contribution < -0.4 is 4.74 Å². The van der Waals surface area contributed by atoms with Gasteiger partial charge in [-0.25, -0.2) is 4.79 Å². The standard InChI is InChI=1S/C16H19NO3/c1-11(2)17-13(9-10-14(17)16(18)20-4)12-7-5-6-8-15(12)19-3/h5-11H,1-4H3. The third-order valence-electron chi connectivity index (χ3n) is 3.21. The van der Waals surface area contributed by atoms with E-state index in [0.29, 0.717) is 5.69 Å².